The van der Waals surface area contributed by atoms with Gasteiger partial charge < -0.3 is 0 Å². The molecule has 1 unspecified atom stereocenters. The zero-order chi connectivity index (χ0) is 10.8. The zero-order valence-corrected chi connectivity index (χ0v) is 8.94. The van der Waals surface area contributed by atoms with Crippen molar-refractivity contribution in [2.24, 2.45) is 0 Å². The molecule has 0 spiro atoms. The first-order valence-corrected chi connectivity index (χ1v) is 5.05. The van der Waals surface area contributed by atoms with Crippen LogP contribution in [-0.4, -0.2) is 20.5 Å². The van der Waals surface area contributed by atoms with Crippen molar-refractivity contribution < 1.29 is 0 Å². The fraction of sp³-hybridized carbons (Fsp3) is 0.300. The Bertz CT molecular complexity index is 526. The Morgan fingerprint density at radius 1 is 1.60 bits per heavy atom. The summed E-state index contributed by atoms with van der Waals surface area (Å²) >= 11 is 5.74. The quantitative estimate of drug-likeness (QED) is 0.727. The molecule has 0 saturated carbocycles. The summed E-state index contributed by atoms with van der Waals surface area (Å²) in [6, 6.07) is 5.99. The molecule has 1 atom stereocenters. The predicted octanol–water partition coefficient (Wildman–Crippen LogP) is 1.88. The van der Waals surface area contributed by atoms with Gasteiger partial charge in [0.25, 0.3) is 0 Å². The molecule has 2 heterocycles. The van der Waals surface area contributed by atoms with Gasteiger partial charge in [0.05, 0.1) is 11.8 Å². The maximum Gasteiger partial charge on any atom is 0.155 e. The Morgan fingerprint density at radius 3 is 3.07 bits per heavy atom. The van der Waals surface area contributed by atoms with Crippen LogP contribution in [0.3, 0.4) is 0 Å². The second-order valence-electron chi connectivity index (χ2n) is 3.32. The first kappa shape index (κ1) is 9.94. The smallest absolute Gasteiger partial charge is 0.155 e. The van der Waals surface area contributed by atoms with Crippen molar-refractivity contribution in [2.45, 2.75) is 12.8 Å². The minimum atomic E-state index is -0.351. The van der Waals surface area contributed by atoms with E-state index >= 15 is 0 Å². The predicted molar refractivity (Wildman–Crippen MR) is 56.8 cm³/mol. The highest BCUT2D eigenvalue weighted by molar-refractivity contribution is 6.18. The fourth-order valence-corrected chi connectivity index (χ4v) is 1.74. The van der Waals surface area contributed by atoms with Gasteiger partial charge >= 0.3 is 0 Å². The van der Waals surface area contributed by atoms with E-state index in [1.54, 1.807) is 4.52 Å². The number of hydrogen-bond donors (Lipinski definition) is 0. The summed E-state index contributed by atoms with van der Waals surface area (Å²) in [6.45, 7) is 1.96. The maximum atomic E-state index is 8.97. The molecule has 0 aliphatic heterocycles. The molecule has 4 nitrogen and oxygen atoms in total. The standard InChI is InChI=1S/C10H9ClN4/c1-7-2-9(8(4-11)5-12)15-10(3-7)13-6-14-15/h2-3,6,8H,4H2,1H3. The van der Waals surface area contributed by atoms with Gasteiger partial charge in [-0.1, -0.05) is 0 Å². The van der Waals surface area contributed by atoms with Crippen molar-refractivity contribution in [1.29, 1.82) is 5.26 Å². The fourth-order valence-electron chi connectivity index (χ4n) is 1.52. The number of aryl methyl sites for hydroxylation is 1. The van der Waals surface area contributed by atoms with Crippen LogP contribution in [0.1, 0.15) is 17.2 Å². The molecule has 76 valence electrons. The molecule has 2 rings (SSSR count). The Hall–Kier alpha value is -1.60. The second-order valence-corrected chi connectivity index (χ2v) is 3.63. The molecule has 15 heavy (non-hydrogen) atoms. The van der Waals surface area contributed by atoms with Crippen LogP contribution in [0.4, 0.5) is 0 Å². The minimum absolute atomic E-state index is 0.259. The molecule has 0 fully saturated rings. The average molecular weight is 221 g/mol. The van der Waals surface area contributed by atoms with Gasteiger partial charge in [-0.25, -0.2) is 9.50 Å². The van der Waals surface area contributed by atoms with Gasteiger partial charge in [0.1, 0.15) is 12.2 Å². The van der Waals surface area contributed by atoms with Gasteiger partial charge in [-0.2, -0.15) is 10.4 Å². The molecule has 0 N–H and O–H groups in total. The summed E-state index contributed by atoms with van der Waals surface area (Å²) in [6.07, 6.45) is 1.47. The molecule has 0 amide bonds. The van der Waals surface area contributed by atoms with Crippen molar-refractivity contribution >= 4 is 17.2 Å². The third-order valence-corrected chi connectivity index (χ3v) is 2.53. The van der Waals surface area contributed by atoms with Crippen molar-refractivity contribution in [3.8, 4) is 6.07 Å². The van der Waals surface area contributed by atoms with Crippen molar-refractivity contribution in [2.75, 3.05) is 5.88 Å². The average Bonchev–Trinajstić information content (AvgIpc) is 2.67. The van der Waals surface area contributed by atoms with Crippen LogP contribution in [-0.2, 0) is 0 Å². The number of nitriles is 1. The number of nitrogens with zero attached hydrogens (tertiary/aromatic N) is 4. The van der Waals surface area contributed by atoms with Gasteiger partial charge in [-0.3, -0.25) is 0 Å². The van der Waals surface area contributed by atoms with Gasteiger partial charge in [0, 0.05) is 5.88 Å². The number of halogens is 1. The molecule has 0 aliphatic rings. The SMILES string of the molecule is Cc1cc(C(C#N)CCl)n2ncnc2c1. The maximum absolute atomic E-state index is 8.97. The van der Waals surface area contributed by atoms with Gasteiger partial charge in [-0.05, 0) is 24.6 Å². The lowest BCUT2D eigenvalue weighted by atomic mass is 10.1. The van der Waals surface area contributed by atoms with Gasteiger partial charge in [-0.15, -0.1) is 11.6 Å². The molecule has 0 aliphatic carbocycles. The highest BCUT2D eigenvalue weighted by atomic mass is 35.5. The molecule has 5 heteroatoms. The molecule has 2 aromatic rings. The number of rotatable bonds is 2. The zero-order valence-electron chi connectivity index (χ0n) is 8.18. The van der Waals surface area contributed by atoms with Crippen LogP contribution in [0.25, 0.3) is 5.65 Å². The Kier molecular flexibility index (Phi) is 2.57. The van der Waals surface area contributed by atoms with Crippen LogP contribution >= 0.6 is 11.6 Å². The lowest BCUT2D eigenvalue weighted by molar-refractivity contribution is 0.816. The van der Waals surface area contributed by atoms with E-state index < -0.39 is 0 Å². The third-order valence-electron chi connectivity index (χ3n) is 2.22. The van der Waals surface area contributed by atoms with Crippen LogP contribution < -0.4 is 0 Å². The number of aromatic nitrogens is 3. The number of pyridine rings is 1. The topological polar surface area (TPSA) is 54.0 Å². The van der Waals surface area contributed by atoms with Crippen molar-refractivity contribution in [3.05, 3.63) is 29.7 Å². The van der Waals surface area contributed by atoms with Crippen molar-refractivity contribution in [1.82, 2.24) is 14.6 Å². The number of alkyl halides is 1. The van der Waals surface area contributed by atoms with Crippen molar-refractivity contribution in [3.63, 3.8) is 0 Å². The van der Waals surface area contributed by atoms with Gasteiger partial charge in [0.2, 0.25) is 0 Å². The Labute approximate surface area is 92.1 Å². The highest BCUT2D eigenvalue weighted by Crippen LogP contribution is 2.18. The molecule has 0 aromatic carbocycles. The van der Waals surface area contributed by atoms with E-state index in [-0.39, 0.29) is 11.8 Å². The molecule has 2 aromatic heterocycles. The van der Waals surface area contributed by atoms with E-state index in [9.17, 15) is 0 Å². The van der Waals surface area contributed by atoms with Crippen LogP contribution in [0.2, 0.25) is 0 Å². The first-order valence-electron chi connectivity index (χ1n) is 4.52. The first-order chi connectivity index (χ1) is 7.26. The van der Waals surface area contributed by atoms with E-state index in [1.807, 2.05) is 19.1 Å². The third kappa shape index (κ3) is 1.66. The molecule has 0 saturated heterocycles. The van der Waals surface area contributed by atoms with E-state index in [0.29, 0.717) is 0 Å². The molecular weight excluding hydrogens is 212 g/mol. The lowest BCUT2D eigenvalue weighted by Gasteiger charge is -2.08. The van der Waals surface area contributed by atoms with E-state index in [4.69, 9.17) is 16.9 Å². The van der Waals surface area contributed by atoms with E-state index in [2.05, 4.69) is 16.2 Å². The Morgan fingerprint density at radius 2 is 2.40 bits per heavy atom. The summed E-state index contributed by atoms with van der Waals surface area (Å²) < 4.78 is 1.66. The van der Waals surface area contributed by atoms with Crippen LogP contribution in [0.5, 0.6) is 0 Å². The largest absolute Gasteiger partial charge is 0.217 e. The number of fused-ring (bicyclic) bond motifs is 1. The number of hydrogen-bond acceptors (Lipinski definition) is 3. The van der Waals surface area contributed by atoms with Crippen LogP contribution in [0.15, 0.2) is 18.5 Å². The molecular formula is C10H9ClN4. The normalized spacial score (nSPS) is 12.6. The lowest BCUT2D eigenvalue weighted by Crippen LogP contribution is -2.06. The van der Waals surface area contributed by atoms with Crippen LogP contribution in [0, 0.1) is 18.3 Å². The summed E-state index contributed by atoms with van der Waals surface area (Å²) in [4.78, 5) is 4.09. The highest BCUT2D eigenvalue weighted by Gasteiger charge is 2.14. The molecule has 0 bridgehead atoms. The Balaban J connectivity index is 2.68. The van der Waals surface area contributed by atoms with E-state index in [0.717, 1.165) is 16.9 Å². The minimum Gasteiger partial charge on any atom is -0.217 e. The van der Waals surface area contributed by atoms with E-state index in [1.165, 1.54) is 6.33 Å². The molecule has 0 radical (unpaired) electrons. The summed E-state index contributed by atoms with van der Waals surface area (Å²) in [5.41, 5.74) is 2.59. The monoisotopic (exact) mass is 220 g/mol. The summed E-state index contributed by atoms with van der Waals surface area (Å²) in [5.74, 6) is -0.0923. The second kappa shape index (κ2) is 3.87. The van der Waals surface area contributed by atoms with Gasteiger partial charge in [0.15, 0.2) is 5.65 Å². The summed E-state index contributed by atoms with van der Waals surface area (Å²) in [7, 11) is 0. The summed E-state index contributed by atoms with van der Waals surface area (Å²) in [5, 5.41) is 13.0.